The molecule has 0 aliphatic rings. The Morgan fingerprint density at radius 2 is 1.41 bits per heavy atom. The summed E-state index contributed by atoms with van der Waals surface area (Å²) in [5.41, 5.74) is 0. The summed E-state index contributed by atoms with van der Waals surface area (Å²) in [5, 5.41) is 8.09. The molecule has 0 saturated carbocycles. The number of hydrogen-bond donors (Lipinski definition) is 5. The number of thiol groups is 2. The van der Waals surface area contributed by atoms with Crippen LogP contribution in [0.5, 0.6) is 0 Å². The number of halogens is 2. The van der Waals surface area contributed by atoms with E-state index < -0.39 is 11.6 Å². The summed E-state index contributed by atoms with van der Waals surface area (Å²) in [6.07, 6.45) is 0. The molecular formula is C10H23F2N3S2. The van der Waals surface area contributed by atoms with Crippen molar-refractivity contribution < 1.29 is 8.78 Å². The minimum atomic E-state index is -1.71. The number of hydrogen-bond acceptors (Lipinski definition) is 5. The Morgan fingerprint density at radius 3 is 1.82 bits per heavy atom. The fraction of sp³-hybridized carbons (Fsp3) is 1.00. The van der Waals surface area contributed by atoms with Gasteiger partial charge in [-0.15, -0.1) is 0 Å². The first-order valence-electron chi connectivity index (χ1n) is 5.75. The van der Waals surface area contributed by atoms with Gasteiger partial charge in [-0.05, 0) is 13.1 Å². The molecule has 0 heterocycles. The molecule has 0 fully saturated rings. The van der Waals surface area contributed by atoms with E-state index in [1.165, 1.54) is 0 Å². The van der Waals surface area contributed by atoms with Crippen LogP contribution in [0.1, 0.15) is 13.8 Å². The quantitative estimate of drug-likeness (QED) is 0.307. The van der Waals surface area contributed by atoms with Gasteiger partial charge < -0.3 is 5.32 Å². The highest BCUT2D eigenvalue weighted by Crippen LogP contribution is 2.13. The first kappa shape index (κ1) is 17.4. The minimum Gasteiger partial charge on any atom is -0.313 e. The van der Waals surface area contributed by atoms with Gasteiger partial charge in [-0.3, -0.25) is 10.6 Å². The second-order valence-corrected chi connectivity index (χ2v) is 4.54. The van der Waals surface area contributed by atoms with Gasteiger partial charge in [0.2, 0.25) is 0 Å². The fourth-order valence-electron chi connectivity index (χ4n) is 1.29. The third kappa shape index (κ3) is 6.81. The standard InChI is InChI=1S/C10H23F2N3S2/c1-3-13-5-9(11,7-16)15-6-10(12,8-17)14-4-2/h13-17H,3-8H2,1-2H3/t9?,10-/m0/s1. The van der Waals surface area contributed by atoms with E-state index in [0.29, 0.717) is 13.1 Å². The van der Waals surface area contributed by atoms with Gasteiger partial charge in [0.15, 0.2) is 11.6 Å². The van der Waals surface area contributed by atoms with Gasteiger partial charge in [0.25, 0.3) is 0 Å². The SMILES string of the molecule is CCNCC(F)(CS)NC[C@@](F)(CS)NCC. The molecule has 0 aromatic carbocycles. The average molecular weight is 287 g/mol. The summed E-state index contributed by atoms with van der Waals surface area (Å²) >= 11 is 7.88. The number of rotatable bonds is 10. The Hall–Kier alpha value is 0.440. The molecule has 0 aromatic rings. The van der Waals surface area contributed by atoms with Crippen LogP contribution in [-0.4, -0.2) is 49.3 Å². The summed E-state index contributed by atoms with van der Waals surface area (Å²) in [4.78, 5) is 0. The minimum absolute atomic E-state index is 0.0162. The zero-order chi connectivity index (χ0) is 13.4. The molecule has 0 aromatic heterocycles. The zero-order valence-electron chi connectivity index (χ0n) is 10.4. The Bertz CT molecular complexity index is 212. The monoisotopic (exact) mass is 287 g/mol. The van der Waals surface area contributed by atoms with Crippen molar-refractivity contribution in [3.8, 4) is 0 Å². The van der Waals surface area contributed by atoms with Crippen LogP contribution in [0.4, 0.5) is 8.78 Å². The number of nitrogens with one attached hydrogen (secondary N) is 3. The van der Waals surface area contributed by atoms with E-state index >= 15 is 0 Å². The molecule has 0 radical (unpaired) electrons. The Labute approximate surface area is 113 Å². The molecule has 0 amide bonds. The molecule has 0 rings (SSSR count). The molecule has 17 heavy (non-hydrogen) atoms. The van der Waals surface area contributed by atoms with Gasteiger partial charge in [-0.2, -0.15) is 25.3 Å². The van der Waals surface area contributed by atoms with E-state index in [-0.39, 0.29) is 24.6 Å². The van der Waals surface area contributed by atoms with Crippen molar-refractivity contribution >= 4 is 25.3 Å². The molecule has 1 unspecified atom stereocenters. The highest BCUT2D eigenvalue weighted by Gasteiger charge is 2.33. The Balaban J connectivity index is 4.27. The second kappa shape index (κ2) is 8.53. The number of likely N-dealkylation sites (N-methyl/N-ethyl adjacent to an activating group) is 2. The predicted molar refractivity (Wildman–Crippen MR) is 75.6 cm³/mol. The van der Waals surface area contributed by atoms with Crippen LogP contribution in [0.3, 0.4) is 0 Å². The van der Waals surface area contributed by atoms with Gasteiger partial charge in [-0.25, -0.2) is 8.78 Å². The van der Waals surface area contributed by atoms with Crippen molar-refractivity contribution in [2.45, 2.75) is 25.4 Å². The Morgan fingerprint density at radius 1 is 0.882 bits per heavy atom. The summed E-state index contributed by atoms with van der Waals surface area (Å²) < 4.78 is 28.2. The van der Waals surface area contributed by atoms with E-state index in [1.807, 2.05) is 6.92 Å². The third-order valence-corrected chi connectivity index (χ3v) is 3.34. The first-order valence-corrected chi connectivity index (χ1v) is 7.02. The highest BCUT2D eigenvalue weighted by atomic mass is 32.1. The zero-order valence-corrected chi connectivity index (χ0v) is 12.2. The van der Waals surface area contributed by atoms with Crippen molar-refractivity contribution in [3.05, 3.63) is 0 Å². The predicted octanol–water partition coefficient (Wildman–Crippen LogP) is 0.986. The molecular weight excluding hydrogens is 264 g/mol. The molecule has 0 spiro atoms. The topological polar surface area (TPSA) is 36.1 Å². The first-order chi connectivity index (χ1) is 7.95. The maximum atomic E-state index is 14.1. The molecule has 104 valence electrons. The molecule has 0 bridgehead atoms. The van der Waals surface area contributed by atoms with E-state index in [9.17, 15) is 8.78 Å². The van der Waals surface area contributed by atoms with Crippen LogP contribution >= 0.6 is 25.3 Å². The smallest absolute Gasteiger partial charge is 0.183 e. The average Bonchev–Trinajstić information content (AvgIpc) is 2.34. The molecule has 2 atom stereocenters. The second-order valence-electron chi connectivity index (χ2n) is 3.91. The molecule has 0 saturated heterocycles. The van der Waals surface area contributed by atoms with Crippen LogP contribution in [0, 0.1) is 0 Å². The van der Waals surface area contributed by atoms with Crippen LogP contribution < -0.4 is 16.0 Å². The van der Waals surface area contributed by atoms with Gasteiger partial charge in [0, 0.05) is 24.6 Å². The van der Waals surface area contributed by atoms with Gasteiger partial charge in [0.1, 0.15) is 0 Å². The lowest BCUT2D eigenvalue weighted by atomic mass is 10.2. The normalized spacial score (nSPS) is 18.7. The van der Waals surface area contributed by atoms with Crippen LogP contribution in [0.25, 0.3) is 0 Å². The lowest BCUT2D eigenvalue weighted by Gasteiger charge is -2.31. The third-order valence-electron chi connectivity index (χ3n) is 2.34. The largest absolute Gasteiger partial charge is 0.313 e. The van der Waals surface area contributed by atoms with Crippen LogP contribution in [-0.2, 0) is 0 Å². The van der Waals surface area contributed by atoms with Gasteiger partial charge >= 0.3 is 0 Å². The van der Waals surface area contributed by atoms with Crippen molar-refractivity contribution in [2.24, 2.45) is 0 Å². The van der Waals surface area contributed by atoms with Crippen molar-refractivity contribution in [3.63, 3.8) is 0 Å². The van der Waals surface area contributed by atoms with Gasteiger partial charge in [0.05, 0.1) is 0 Å². The van der Waals surface area contributed by atoms with E-state index in [4.69, 9.17) is 0 Å². The maximum Gasteiger partial charge on any atom is 0.183 e. The van der Waals surface area contributed by atoms with Gasteiger partial charge in [-0.1, -0.05) is 13.8 Å². The number of alkyl halides is 2. The molecule has 3 N–H and O–H groups in total. The molecule has 0 aliphatic heterocycles. The van der Waals surface area contributed by atoms with Crippen molar-refractivity contribution in [1.82, 2.24) is 16.0 Å². The van der Waals surface area contributed by atoms with E-state index in [2.05, 4.69) is 41.2 Å². The molecule has 0 aliphatic carbocycles. The lowest BCUT2D eigenvalue weighted by molar-refractivity contribution is 0.0822. The van der Waals surface area contributed by atoms with Crippen LogP contribution in [0.15, 0.2) is 0 Å². The summed E-state index contributed by atoms with van der Waals surface area (Å²) in [7, 11) is 0. The summed E-state index contributed by atoms with van der Waals surface area (Å²) in [6.45, 7) is 4.74. The highest BCUT2D eigenvalue weighted by molar-refractivity contribution is 7.80. The summed E-state index contributed by atoms with van der Waals surface area (Å²) in [5.74, 6) is -3.45. The summed E-state index contributed by atoms with van der Waals surface area (Å²) in [6, 6.07) is 0. The van der Waals surface area contributed by atoms with Crippen molar-refractivity contribution in [1.29, 1.82) is 0 Å². The molecule has 3 nitrogen and oxygen atoms in total. The maximum absolute atomic E-state index is 14.1. The van der Waals surface area contributed by atoms with Crippen LogP contribution in [0.2, 0.25) is 0 Å². The lowest BCUT2D eigenvalue weighted by Crippen LogP contribution is -2.58. The van der Waals surface area contributed by atoms with Crippen molar-refractivity contribution in [2.75, 3.05) is 37.7 Å². The fourth-order valence-corrected chi connectivity index (χ4v) is 1.73. The molecule has 7 heteroatoms. The Kier molecular flexibility index (Phi) is 8.75. The van der Waals surface area contributed by atoms with E-state index in [0.717, 1.165) is 0 Å². The van der Waals surface area contributed by atoms with E-state index in [1.54, 1.807) is 6.92 Å².